The Kier molecular flexibility index (Phi) is 5.79. The van der Waals surface area contributed by atoms with Gasteiger partial charge in [0.1, 0.15) is 5.84 Å². The molecule has 29 heavy (non-hydrogen) atoms. The smallest absolute Gasteiger partial charge is 0.256 e. The molecule has 1 aliphatic rings. The van der Waals surface area contributed by atoms with Gasteiger partial charge in [0.05, 0.1) is 5.70 Å². The number of hydrogen-bond donors (Lipinski definition) is 1. The Hall–Kier alpha value is -2.88. The highest BCUT2D eigenvalue weighted by atomic mass is 35.5. The van der Waals surface area contributed by atoms with Crippen molar-refractivity contribution in [2.45, 2.75) is 12.8 Å². The topological polar surface area (TPSA) is 41.5 Å². The largest absolute Gasteiger partial charge is 0.310 e. The lowest BCUT2D eigenvalue weighted by atomic mass is 9.99. The minimum atomic E-state index is -0.197. The lowest BCUT2D eigenvalue weighted by Gasteiger charge is -2.07. The van der Waals surface area contributed by atoms with Gasteiger partial charge in [0.15, 0.2) is 0 Å². The number of halogens is 2. The number of hydrogen-bond acceptors (Lipinski definition) is 2. The third kappa shape index (κ3) is 4.76. The standard InChI is InChI=1S/C24H18Cl2N2O/c25-19-10-6-17(7-11-19)21-15-23(27-22(21)14-16-4-2-1-3-5-16)28-24(29)18-8-12-20(26)13-9-18/h1-13H,14-15H2,(H,27,28,29). The molecule has 0 aromatic heterocycles. The first kappa shape index (κ1) is 19.4. The van der Waals surface area contributed by atoms with Crippen LogP contribution in [0.15, 0.2) is 89.6 Å². The van der Waals surface area contributed by atoms with Crippen LogP contribution in [0.1, 0.15) is 27.9 Å². The van der Waals surface area contributed by atoms with Crippen LogP contribution in [0, 0.1) is 0 Å². The Bertz CT molecular complexity index is 1090. The van der Waals surface area contributed by atoms with Crippen LogP contribution in [0.25, 0.3) is 5.57 Å². The summed E-state index contributed by atoms with van der Waals surface area (Å²) < 4.78 is 0. The van der Waals surface area contributed by atoms with Crippen molar-refractivity contribution in [1.82, 2.24) is 5.32 Å². The summed E-state index contributed by atoms with van der Waals surface area (Å²) in [6.07, 6.45) is 1.25. The summed E-state index contributed by atoms with van der Waals surface area (Å²) in [6.45, 7) is 0. The van der Waals surface area contributed by atoms with Crippen LogP contribution in [0.2, 0.25) is 10.0 Å². The van der Waals surface area contributed by atoms with Gasteiger partial charge in [-0.05, 0) is 53.1 Å². The van der Waals surface area contributed by atoms with Gasteiger partial charge in [-0.15, -0.1) is 0 Å². The second-order valence-corrected chi connectivity index (χ2v) is 7.66. The number of amides is 1. The number of carbonyl (C=O) groups excluding carboxylic acids is 1. The molecule has 0 spiro atoms. The second kappa shape index (κ2) is 8.64. The lowest BCUT2D eigenvalue weighted by Crippen LogP contribution is -2.29. The zero-order valence-corrected chi connectivity index (χ0v) is 17.0. The van der Waals surface area contributed by atoms with Crippen molar-refractivity contribution >= 4 is 40.5 Å². The molecular weight excluding hydrogens is 403 g/mol. The van der Waals surface area contributed by atoms with Gasteiger partial charge in [-0.25, -0.2) is 4.99 Å². The molecular formula is C24H18Cl2N2O. The molecule has 0 saturated carbocycles. The van der Waals surface area contributed by atoms with Gasteiger partial charge in [-0.3, -0.25) is 4.79 Å². The molecule has 1 N–H and O–H groups in total. The van der Waals surface area contributed by atoms with Crippen molar-refractivity contribution in [3.63, 3.8) is 0 Å². The van der Waals surface area contributed by atoms with E-state index in [0.717, 1.165) is 16.8 Å². The van der Waals surface area contributed by atoms with Gasteiger partial charge >= 0.3 is 0 Å². The molecule has 4 rings (SSSR count). The number of aliphatic imine (C=N–C) groups is 1. The quantitative estimate of drug-likeness (QED) is 0.537. The van der Waals surface area contributed by atoms with Crippen molar-refractivity contribution in [2.24, 2.45) is 4.99 Å². The van der Waals surface area contributed by atoms with E-state index >= 15 is 0 Å². The maximum atomic E-state index is 12.6. The first-order valence-electron chi connectivity index (χ1n) is 9.25. The molecule has 0 unspecified atom stereocenters. The van der Waals surface area contributed by atoms with Crippen LogP contribution in [0.4, 0.5) is 0 Å². The van der Waals surface area contributed by atoms with Gasteiger partial charge < -0.3 is 5.32 Å². The summed E-state index contributed by atoms with van der Waals surface area (Å²) in [7, 11) is 0. The molecule has 1 heterocycles. The fourth-order valence-corrected chi connectivity index (χ4v) is 3.52. The molecule has 1 aliphatic heterocycles. The zero-order valence-electron chi connectivity index (χ0n) is 15.5. The number of nitrogens with one attached hydrogen (secondary N) is 1. The van der Waals surface area contributed by atoms with E-state index in [1.807, 2.05) is 42.5 Å². The number of rotatable bonds is 4. The highest BCUT2D eigenvalue weighted by Crippen LogP contribution is 2.31. The molecule has 0 radical (unpaired) electrons. The summed E-state index contributed by atoms with van der Waals surface area (Å²) in [4.78, 5) is 17.3. The predicted octanol–water partition coefficient (Wildman–Crippen LogP) is 6.18. The predicted molar refractivity (Wildman–Crippen MR) is 119 cm³/mol. The molecule has 3 nitrogen and oxygen atoms in total. The highest BCUT2D eigenvalue weighted by molar-refractivity contribution is 6.31. The molecule has 0 aliphatic carbocycles. The Balaban J connectivity index is 1.59. The van der Waals surface area contributed by atoms with Crippen molar-refractivity contribution < 1.29 is 4.79 Å². The molecule has 3 aromatic rings. The van der Waals surface area contributed by atoms with E-state index < -0.39 is 0 Å². The number of benzene rings is 3. The Morgan fingerprint density at radius 2 is 1.48 bits per heavy atom. The van der Waals surface area contributed by atoms with E-state index in [0.29, 0.717) is 34.3 Å². The van der Waals surface area contributed by atoms with Gasteiger partial charge in [0.2, 0.25) is 0 Å². The van der Waals surface area contributed by atoms with Gasteiger partial charge in [-0.1, -0.05) is 65.7 Å². The molecule has 0 bridgehead atoms. The number of allylic oxidation sites excluding steroid dienone is 1. The van der Waals surface area contributed by atoms with Crippen LogP contribution >= 0.6 is 23.2 Å². The maximum Gasteiger partial charge on any atom is 0.256 e. The Labute approximate surface area is 179 Å². The molecule has 5 heteroatoms. The average Bonchev–Trinajstić information content (AvgIpc) is 3.11. The first-order valence-corrected chi connectivity index (χ1v) is 10.0. The number of amidine groups is 1. The van der Waals surface area contributed by atoms with E-state index in [-0.39, 0.29) is 5.91 Å². The summed E-state index contributed by atoms with van der Waals surface area (Å²) in [5.74, 6) is 0.442. The second-order valence-electron chi connectivity index (χ2n) is 6.79. The molecule has 3 aromatic carbocycles. The van der Waals surface area contributed by atoms with Gasteiger partial charge in [-0.2, -0.15) is 0 Å². The molecule has 0 saturated heterocycles. The minimum Gasteiger partial charge on any atom is -0.310 e. The normalized spacial score (nSPS) is 13.4. The fourth-order valence-electron chi connectivity index (χ4n) is 3.27. The van der Waals surface area contributed by atoms with Gasteiger partial charge in [0.25, 0.3) is 5.91 Å². The third-order valence-corrected chi connectivity index (χ3v) is 5.24. The summed E-state index contributed by atoms with van der Waals surface area (Å²) in [5.41, 5.74) is 4.81. The lowest BCUT2D eigenvalue weighted by molar-refractivity contribution is 0.0976. The summed E-state index contributed by atoms with van der Waals surface area (Å²) in [5, 5.41) is 4.22. The van der Waals surface area contributed by atoms with E-state index in [2.05, 4.69) is 17.4 Å². The molecule has 0 fully saturated rings. The van der Waals surface area contributed by atoms with Crippen LogP contribution in [-0.2, 0) is 6.42 Å². The van der Waals surface area contributed by atoms with E-state index in [4.69, 9.17) is 28.2 Å². The van der Waals surface area contributed by atoms with Crippen LogP contribution in [0.5, 0.6) is 0 Å². The summed E-state index contributed by atoms with van der Waals surface area (Å²) in [6, 6.07) is 24.7. The Morgan fingerprint density at radius 3 is 2.14 bits per heavy atom. The Morgan fingerprint density at radius 1 is 0.862 bits per heavy atom. The van der Waals surface area contributed by atoms with Gasteiger partial charge in [0, 0.05) is 28.5 Å². The van der Waals surface area contributed by atoms with Crippen LogP contribution in [-0.4, -0.2) is 11.7 Å². The third-order valence-electron chi connectivity index (χ3n) is 4.73. The first-order chi connectivity index (χ1) is 14.1. The fraction of sp³-hybridized carbons (Fsp3) is 0.0833. The van der Waals surface area contributed by atoms with Crippen molar-refractivity contribution in [3.8, 4) is 0 Å². The number of nitrogens with zero attached hydrogens (tertiary/aromatic N) is 1. The molecule has 0 atom stereocenters. The van der Waals surface area contributed by atoms with Crippen molar-refractivity contribution in [1.29, 1.82) is 0 Å². The van der Waals surface area contributed by atoms with E-state index in [1.165, 1.54) is 5.56 Å². The van der Waals surface area contributed by atoms with E-state index in [9.17, 15) is 4.79 Å². The highest BCUT2D eigenvalue weighted by Gasteiger charge is 2.21. The van der Waals surface area contributed by atoms with Crippen molar-refractivity contribution in [2.75, 3.05) is 0 Å². The SMILES string of the molecule is O=C(NC1=NC(Cc2ccccc2)=C(c2ccc(Cl)cc2)C1)c1ccc(Cl)cc1. The monoisotopic (exact) mass is 420 g/mol. The molecule has 1 amide bonds. The number of carbonyl (C=O) groups is 1. The zero-order chi connectivity index (χ0) is 20.2. The van der Waals surface area contributed by atoms with E-state index in [1.54, 1.807) is 24.3 Å². The molecule has 144 valence electrons. The summed E-state index contributed by atoms with van der Waals surface area (Å²) >= 11 is 12.0. The minimum absolute atomic E-state index is 0.197. The van der Waals surface area contributed by atoms with Crippen LogP contribution < -0.4 is 5.32 Å². The maximum absolute atomic E-state index is 12.6. The van der Waals surface area contributed by atoms with Crippen LogP contribution in [0.3, 0.4) is 0 Å². The van der Waals surface area contributed by atoms with Crippen molar-refractivity contribution in [3.05, 3.63) is 111 Å². The average molecular weight is 421 g/mol.